The third kappa shape index (κ3) is 3.39. The van der Waals surface area contributed by atoms with Crippen molar-refractivity contribution in [2.24, 2.45) is 11.8 Å². The molecule has 17 heavy (non-hydrogen) atoms. The number of thiazole rings is 1. The molecular formula is C14H21NOS. The number of aliphatic hydroxyl groups is 1. The molecule has 94 valence electrons. The van der Waals surface area contributed by atoms with Crippen molar-refractivity contribution in [3.63, 3.8) is 0 Å². The molecule has 0 fully saturated rings. The minimum atomic E-state index is -0.244. The summed E-state index contributed by atoms with van der Waals surface area (Å²) < 4.78 is 0. The van der Waals surface area contributed by atoms with E-state index < -0.39 is 0 Å². The maximum Gasteiger partial charge on any atom is 0.0954 e. The molecule has 3 heteroatoms. The maximum atomic E-state index is 10.3. The zero-order chi connectivity index (χ0) is 12.4. The molecule has 2 rings (SSSR count). The van der Waals surface area contributed by atoms with E-state index in [-0.39, 0.29) is 6.10 Å². The molecule has 3 atom stereocenters. The van der Waals surface area contributed by atoms with Crippen LogP contribution in [0.4, 0.5) is 0 Å². The SMILES string of the molecule is CC1=CC(C)CC(C(O)Cc2nc(C)cs2)C1. The largest absolute Gasteiger partial charge is 0.392 e. The number of rotatable bonds is 3. The highest BCUT2D eigenvalue weighted by atomic mass is 32.1. The summed E-state index contributed by atoms with van der Waals surface area (Å²) >= 11 is 1.66. The fraction of sp³-hybridized carbons (Fsp3) is 0.643. The summed E-state index contributed by atoms with van der Waals surface area (Å²) in [7, 11) is 0. The van der Waals surface area contributed by atoms with Gasteiger partial charge in [0.2, 0.25) is 0 Å². The summed E-state index contributed by atoms with van der Waals surface area (Å²) in [6.45, 7) is 6.40. The Hall–Kier alpha value is -0.670. The van der Waals surface area contributed by atoms with Crippen molar-refractivity contribution >= 4 is 11.3 Å². The van der Waals surface area contributed by atoms with E-state index >= 15 is 0 Å². The monoisotopic (exact) mass is 251 g/mol. The average Bonchev–Trinajstić information content (AvgIpc) is 2.62. The highest BCUT2D eigenvalue weighted by molar-refractivity contribution is 7.09. The number of nitrogens with zero attached hydrogens (tertiary/aromatic N) is 1. The van der Waals surface area contributed by atoms with Crippen LogP contribution in [0.2, 0.25) is 0 Å². The number of allylic oxidation sites excluding steroid dienone is 2. The summed E-state index contributed by atoms with van der Waals surface area (Å²) in [4.78, 5) is 4.43. The van der Waals surface area contributed by atoms with E-state index in [0.29, 0.717) is 18.3 Å². The maximum absolute atomic E-state index is 10.3. The second kappa shape index (κ2) is 5.32. The summed E-state index contributed by atoms with van der Waals surface area (Å²) in [5, 5.41) is 13.4. The normalized spacial score (nSPS) is 26.7. The second-order valence-corrected chi connectivity index (χ2v) is 6.29. The van der Waals surface area contributed by atoms with Gasteiger partial charge in [-0.3, -0.25) is 0 Å². The smallest absolute Gasteiger partial charge is 0.0954 e. The fourth-order valence-electron chi connectivity index (χ4n) is 2.73. The van der Waals surface area contributed by atoms with Gasteiger partial charge in [0.25, 0.3) is 0 Å². The summed E-state index contributed by atoms with van der Waals surface area (Å²) in [6, 6.07) is 0. The Balaban J connectivity index is 1.96. The molecule has 1 aliphatic carbocycles. The molecule has 0 aliphatic heterocycles. The molecule has 1 heterocycles. The van der Waals surface area contributed by atoms with Crippen LogP contribution < -0.4 is 0 Å². The lowest BCUT2D eigenvalue weighted by molar-refractivity contribution is 0.0931. The number of hydrogen-bond donors (Lipinski definition) is 1. The van der Waals surface area contributed by atoms with Crippen molar-refractivity contribution in [2.75, 3.05) is 0 Å². The van der Waals surface area contributed by atoms with E-state index in [9.17, 15) is 5.11 Å². The summed E-state index contributed by atoms with van der Waals surface area (Å²) in [5.74, 6) is 1.00. The predicted octanol–water partition coefficient (Wildman–Crippen LogP) is 3.35. The first kappa shape index (κ1) is 12.8. The molecule has 1 aromatic rings. The van der Waals surface area contributed by atoms with Crippen molar-refractivity contribution in [1.82, 2.24) is 4.98 Å². The first-order chi connectivity index (χ1) is 8.04. The van der Waals surface area contributed by atoms with E-state index in [0.717, 1.165) is 23.5 Å². The van der Waals surface area contributed by atoms with Gasteiger partial charge in [0.05, 0.1) is 11.1 Å². The van der Waals surface area contributed by atoms with Crippen molar-refractivity contribution < 1.29 is 5.11 Å². The van der Waals surface area contributed by atoms with E-state index in [1.165, 1.54) is 5.57 Å². The first-order valence-electron chi connectivity index (χ1n) is 6.31. The van der Waals surface area contributed by atoms with Gasteiger partial charge in [0, 0.05) is 17.5 Å². The molecule has 3 unspecified atom stereocenters. The Morgan fingerprint density at radius 2 is 2.29 bits per heavy atom. The molecular weight excluding hydrogens is 230 g/mol. The molecule has 0 amide bonds. The van der Waals surface area contributed by atoms with Gasteiger partial charge in [-0.25, -0.2) is 4.98 Å². The third-order valence-electron chi connectivity index (χ3n) is 3.42. The standard InChI is InChI=1S/C14H21NOS/c1-9-4-10(2)6-12(5-9)13(16)7-14-15-11(3)8-17-14/h4,8-9,12-13,16H,5-7H2,1-3H3. The lowest BCUT2D eigenvalue weighted by Gasteiger charge is -2.29. The Morgan fingerprint density at radius 3 is 2.88 bits per heavy atom. The molecule has 0 bridgehead atoms. The van der Waals surface area contributed by atoms with E-state index in [1.807, 2.05) is 6.92 Å². The first-order valence-corrected chi connectivity index (χ1v) is 7.19. The predicted molar refractivity (Wildman–Crippen MR) is 72.2 cm³/mol. The van der Waals surface area contributed by atoms with Gasteiger partial charge in [0.1, 0.15) is 0 Å². The topological polar surface area (TPSA) is 33.1 Å². The van der Waals surface area contributed by atoms with Crippen LogP contribution in [-0.4, -0.2) is 16.2 Å². The third-order valence-corrected chi connectivity index (χ3v) is 4.41. The van der Waals surface area contributed by atoms with Gasteiger partial charge < -0.3 is 5.11 Å². The van der Waals surface area contributed by atoms with Crippen molar-refractivity contribution in [3.8, 4) is 0 Å². The summed E-state index contributed by atoms with van der Waals surface area (Å²) in [6.07, 6.45) is 4.94. The van der Waals surface area contributed by atoms with Crippen LogP contribution in [0.3, 0.4) is 0 Å². The molecule has 1 aliphatic rings. The van der Waals surface area contributed by atoms with Gasteiger partial charge in [-0.15, -0.1) is 11.3 Å². The minimum Gasteiger partial charge on any atom is -0.392 e. The van der Waals surface area contributed by atoms with Crippen molar-refractivity contribution in [1.29, 1.82) is 0 Å². The molecule has 1 N–H and O–H groups in total. The number of aryl methyl sites for hydroxylation is 1. The quantitative estimate of drug-likeness (QED) is 0.836. The lowest BCUT2D eigenvalue weighted by atomic mass is 9.80. The van der Waals surface area contributed by atoms with Gasteiger partial charge >= 0.3 is 0 Å². The van der Waals surface area contributed by atoms with Crippen LogP contribution in [0, 0.1) is 18.8 Å². The number of aromatic nitrogens is 1. The average molecular weight is 251 g/mol. The van der Waals surface area contributed by atoms with E-state index in [2.05, 4.69) is 30.3 Å². The van der Waals surface area contributed by atoms with Gasteiger partial charge in [-0.1, -0.05) is 18.6 Å². The van der Waals surface area contributed by atoms with E-state index in [1.54, 1.807) is 11.3 Å². The van der Waals surface area contributed by atoms with Crippen LogP contribution in [0.25, 0.3) is 0 Å². The fourth-order valence-corrected chi connectivity index (χ4v) is 3.55. The van der Waals surface area contributed by atoms with Crippen LogP contribution in [-0.2, 0) is 6.42 Å². The zero-order valence-electron chi connectivity index (χ0n) is 10.8. The van der Waals surface area contributed by atoms with E-state index in [4.69, 9.17) is 0 Å². The minimum absolute atomic E-state index is 0.244. The number of aliphatic hydroxyl groups excluding tert-OH is 1. The molecule has 2 nitrogen and oxygen atoms in total. The summed E-state index contributed by atoms with van der Waals surface area (Å²) in [5.41, 5.74) is 2.48. The van der Waals surface area contributed by atoms with Crippen LogP contribution in [0.5, 0.6) is 0 Å². The Bertz CT molecular complexity index is 410. The second-order valence-electron chi connectivity index (χ2n) is 5.34. The van der Waals surface area contributed by atoms with Crippen LogP contribution in [0.1, 0.15) is 37.4 Å². The highest BCUT2D eigenvalue weighted by Crippen LogP contribution is 2.31. The molecule has 1 aromatic heterocycles. The molecule has 0 spiro atoms. The zero-order valence-corrected chi connectivity index (χ0v) is 11.6. The Morgan fingerprint density at radius 1 is 1.53 bits per heavy atom. The molecule has 0 saturated heterocycles. The van der Waals surface area contributed by atoms with Gasteiger partial charge in [-0.2, -0.15) is 0 Å². The van der Waals surface area contributed by atoms with Crippen LogP contribution in [0.15, 0.2) is 17.0 Å². The highest BCUT2D eigenvalue weighted by Gasteiger charge is 2.25. The van der Waals surface area contributed by atoms with Crippen LogP contribution >= 0.6 is 11.3 Å². The van der Waals surface area contributed by atoms with Gasteiger partial charge in [0.15, 0.2) is 0 Å². The van der Waals surface area contributed by atoms with Crippen molar-refractivity contribution in [2.45, 2.75) is 46.1 Å². The molecule has 0 radical (unpaired) electrons. The Kier molecular flexibility index (Phi) is 4.00. The number of hydrogen-bond acceptors (Lipinski definition) is 3. The molecule has 0 saturated carbocycles. The lowest BCUT2D eigenvalue weighted by Crippen LogP contribution is -2.27. The van der Waals surface area contributed by atoms with Crippen molar-refractivity contribution in [3.05, 3.63) is 27.7 Å². The van der Waals surface area contributed by atoms with Gasteiger partial charge in [-0.05, 0) is 38.5 Å². The molecule has 0 aromatic carbocycles. The Labute approximate surface area is 107 Å².